The Bertz CT molecular complexity index is 1020. The first-order valence-electron chi connectivity index (χ1n) is 14.8. The van der Waals surface area contributed by atoms with Gasteiger partial charge in [-0.3, -0.25) is 9.59 Å². The molecule has 2 saturated heterocycles. The molecule has 38 heavy (non-hydrogen) atoms. The number of amides is 2. The van der Waals surface area contributed by atoms with Crippen LogP contribution in [0.5, 0.6) is 0 Å². The number of hydrogen-bond donors (Lipinski definition) is 1. The smallest absolute Gasteiger partial charge is 0.246 e. The number of piperazine rings is 1. The largest absolute Gasteiger partial charge is 0.342 e. The molecular weight excluding hydrogens is 470 g/mol. The average molecular weight is 518 g/mol. The minimum absolute atomic E-state index is 0.0213. The molecule has 1 spiro atoms. The van der Waals surface area contributed by atoms with E-state index in [0.717, 1.165) is 51.7 Å². The van der Waals surface area contributed by atoms with Crippen LogP contribution in [-0.4, -0.2) is 58.9 Å². The van der Waals surface area contributed by atoms with E-state index < -0.39 is 11.6 Å². The number of nitrogens with zero attached hydrogens (tertiary/aromatic N) is 2. The maximum atomic E-state index is 13.9. The van der Waals surface area contributed by atoms with Gasteiger partial charge in [-0.25, -0.2) is 0 Å². The number of carbonyl (C=O) groups is 2. The van der Waals surface area contributed by atoms with Crippen LogP contribution in [0.2, 0.25) is 0 Å². The van der Waals surface area contributed by atoms with Crippen molar-refractivity contribution in [3.8, 4) is 0 Å². The summed E-state index contributed by atoms with van der Waals surface area (Å²) in [7, 11) is 0. The highest BCUT2D eigenvalue weighted by atomic mass is 16.2. The maximum Gasteiger partial charge on any atom is 0.246 e. The molecular formula is C33H47N3O2. The normalized spacial score (nSPS) is 20.6. The lowest BCUT2D eigenvalue weighted by Crippen LogP contribution is -2.74. The lowest BCUT2D eigenvalue weighted by Gasteiger charge is -2.54. The van der Waals surface area contributed by atoms with Gasteiger partial charge < -0.3 is 15.1 Å². The number of aryl methyl sites for hydroxylation is 2. The van der Waals surface area contributed by atoms with Crippen molar-refractivity contribution in [3.63, 3.8) is 0 Å². The zero-order valence-electron chi connectivity index (χ0n) is 23.7. The SMILES string of the molecule is CC(C)C[C@@H]1NC(=O)C2(CCN(CCCCCc3ccccc3)CC2)N(C(C)CCc2ccccc2)C1=O. The van der Waals surface area contributed by atoms with Crippen LogP contribution in [0.3, 0.4) is 0 Å². The predicted octanol–water partition coefficient (Wildman–Crippen LogP) is 5.63. The molecule has 2 atom stereocenters. The van der Waals surface area contributed by atoms with E-state index in [2.05, 4.69) is 85.6 Å². The molecule has 2 aliphatic heterocycles. The van der Waals surface area contributed by atoms with E-state index in [0.29, 0.717) is 12.3 Å². The molecule has 1 unspecified atom stereocenters. The van der Waals surface area contributed by atoms with Crippen LogP contribution in [0, 0.1) is 5.92 Å². The van der Waals surface area contributed by atoms with Crippen LogP contribution in [0.15, 0.2) is 60.7 Å². The number of unbranched alkanes of at least 4 members (excludes halogenated alkanes) is 2. The summed E-state index contributed by atoms with van der Waals surface area (Å²) in [6.45, 7) is 9.19. The lowest BCUT2D eigenvalue weighted by molar-refractivity contribution is -0.165. The third-order valence-electron chi connectivity index (χ3n) is 8.53. The molecule has 0 bridgehead atoms. The Balaban J connectivity index is 1.36. The standard InChI is InChI=1S/C33H47N3O2/c1-26(2)25-30-31(37)36(27(3)18-19-29-16-9-5-10-17-29)33(32(38)34-30)20-23-35(24-21-33)22-12-6-11-15-28-13-7-4-8-14-28/h4-5,7-10,13-14,16-17,26-27,30H,6,11-12,15,18-25H2,1-3H3,(H,34,38)/t27?,30-/m0/s1. The first-order valence-corrected chi connectivity index (χ1v) is 14.8. The number of nitrogens with one attached hydrogen (secondary N) is 1. The van der Waals surface area contributed by atoms with Crippen LogP contribution in [0.1, 0.15) is 76.8 Å². The second-order valence-corrected chi connectivity index (χ2v) is 11.9. The Labute approximate surface area is 230 Å². The van der Waals surface area contributed by atoms with Gasteiger partial charge in [0, 0.05) is 19.1 Å². The van der Waals surface area contributed by atoms with Gasteiger partial charge in [0.15, 0.2) is 0 Å². The van der Waals surface area contributed by atoms with Crippen LogP contribution in [0.25, 0.3) is 0 Å². The fraction of sp³-hybridized carbons (Fsp3) is 0.576. The molecule has 2 amide bonds. The zero-order chi connectivity index (χ0) is 27.0. The summed E-state index contributed by atoms with van der Waals surface area (Å²) < 4.78 is 0. The Kier molecular flexibility index (Phi) is 10.0. The van der Waals surface area contributed by atoms with E-state index in [1.807, 2.05) is 11.0 Å². The third-order valence-corrected chi connectivity index (χ3v) is 8.53. The van der Waals surface area contributed by atoms with E-state index in [9.17, 15) is 9.59 Å². The Morgan fingerprint density at radius 3 is 2.05 bits per heavy atom. The number of piperidine rings is 1. The van der Waals surface area contributed by atoms with Gasteiger partial charge in [-0.15, -0.1) is 0 Å². The van der Waals surface area contributed by atoms with Gasteiger partial charge in [0.2, 0.25) is 11.8 Å². The highest BCUT2D eigenvalue weighted by Gasteiger charge is 2.54. The van der Waals surface area contributed by atoms with Gasteiger partial charge in [0.25, 0.3) is 0 Å². The third kappa shape index (κ3) is 7.05. The minimum Gasteiger partial charge on any atom is -0.342 e. The van der Waals surface area contributed by atoms with Gasteiger partial charge in [-0.05, 0) is 81.9 Å². The number of rotatable bonds is 12. The summed E-state index contributed by atoms with van der Waals surface area (Å²) in [5.74, 6) is 0.536. The molecule has 0 aliphatic carbocycles. The van der Waals surface area contributed by atoms with E-state index in [1.54, 1.807) is 0 Å². The summed E-state index contributed by atoms with van der Waals surface area (Å²) in [6.07, 6.45) is 8.66. The van der Waals surface area contributed by atoms with Crippen molar-refractivity contribution >= 4 is 11.8 Å². The fourth-order valence-corrected chi connectivity index (χ4v) is 6.36. The minimum atomic E-state index is -0.718. The van der Waals surface area contributed by atoms with Crippen molar-refractivity contribution in [1.82, 2.24) is 15.1 Å². The van der Waals surface area contributed by atoms with Crippen molar-refractivity contribution in [3.05, 3.63) is 71.8 Å². The monoisotopic (exact) mass is 517 g/mol. The molecule has 0 radical (unpaired) electrons. The van der Waals surface area contributed by atoms with Gasteiger partial charge in [-0.1, -0.05) is 80.9 Å². The van der Waals surface area contributed by atoms with Crippen molar-refractivity contribution < 1.29 is 9.59 Å². The first-order chi connectivity index (χ1) is 18.4. The van der Waals surface area contributed by atoms with Gasteiger partial charge in [0.05, 0.1) is 0 Å². The first kappa shape index (κ1) is 28.4. The van der Waals surface area contributed by atoms with Gasteiger partial charge in [0.1, 0.15) is 11.6 Å². The molecule has 0 saturated carbocycles. The molecule has 2 aromatic rings. The molecule has 0 aromatic heterocycles. The van der Waals surface area contributed by atoms with E-state index in [-0.39, 0.29) is 17.9 Å². The molecule has 5 nitrogen and oxygen atoms in total. The molecule has 4 rings (SSSR count). The van der Waals surface area contributed by atoms with Crippen LogP contribution < -0.4 is 5.32 Å². The number of hydrogen-bond acceptors (Lipinski definition) is 3. The van der Waals surface area contributed by atoms with Crippen molar-refractivity contribution in [2.24, 2.45) is 5.92 Å². The van der Waals surface area contributed by atoms with E-state index in [1.165, 1.54) is 30.4 Å². The topological polar surface area (TPSA) is 52.7 Å². The summed E-state index contributed by atoms with van der Waals surface area (Å²) in [4.78, 5) is 32.1. The lowest BCUT2D eigenvalue weighted by atomic mass is 9.79. The number of carbonyl (C=O) groups excluding carboxylic acids is 2. The van der Waals surface area contributed by atoms with Crippen molar-refractivity contribution in [2.45, 2.75) is 96.2 Å². The molecule has 2 fully saturated rings. The number of benzene rings is 2. The molecule has 2 heterocycles. The maximum absolute atomic E-state index is 13.9. The summed E-state index contributed by atoms with van der Waals surface area (Å²) in [5.41, 5.74) is 1.98. The molecule has 2 aliphatic rings. The van der Waals surface area contributed by atoms with Gasteiger partial charge in [-0.2, -0.15) is 0 Å². The quantitative estimate of drug-likeness (QED) is 0.371. The van der Waals surface area contributed by atoms with Crippen molar-refractivity contribution in [1.29, 1.82) is 0 Å². The van der Waals surface area contributed by atoms with Gasteiger partial charge >= 0.3 is 0 Å². The van der Waals surface area contributed by atoms with Crippen LogP contribution in [-0.2, 0) is 22.4 Å². The Hall–Kier alpha value is -2.66. The Morgan fingerprint density at radius 2 is 1.45 bits per heavy atom. The molecule has 1 N–H and O–H groups in total. The second-order valence-electron chi connectivity index (χ2n) is 11.9. The summed E-state index contributed by atoms with van der Waals surface area (Å²) in [6, 6.07) is 20.8. The average Bonchev–Trinajstić information content (AvgIpc) is 2.92. The van der Waals surface area contributed by atoms with E-state index in [4.69, 9.17) is 0 Å². The highest BCUT2D eigenvalue weighted by Crippen LogP contribution is 2.36. The van der Waals surface area contributed by atoms with Crippen molar-refractivity contribution in [2.75, 3.05) is 19.6 Å². The molecule has 5 heteroatoms. The summed E-state index contributed by atoms with van der Waals surface area (Å²) in [5, 5.41) is 3.16. The Morgan fingerprint density at radius 1 is 0.842 bits per heavy atom. The zero-order valence-corrected chi connectivity index (χ0v) is 23.7. The van der Waals surface area contributed by atoms with E-state index >= 15 is 0 Å². The van der Waals surface area contributed by atoms with Crippen LogP contribution in [0.4, 0.5) is 0 Å². The number of likely N-dealkylation sites (tertiary alicyclic amines) is 1. The molecule has 206 valence electrons. The predicted molar refractivity (Wildman–Crippen MR) is 155 cm³/mol. The summed E-state index contributed by atoms with van der Waals surface area (Å²) >= 11 is 0. The molecule has 2 aromatic carbocycles. The van der Waals surface area contributed by atoms with Crippen LogP contribution >= 0.6 is 0 Å². The highest BCUT2D eigenvalue weighted by molar-refractivity contribution is 6.00. The second kappa shape index (κ2) is 13.4. The fourth-order valence-electron chi connectivity index (χ4n) is 6.36.